The number of benzene rings is 3. The monoisotopic (exact) mass is 508 g/mol. The Morgan fingerprint density at radius 1 is 0.828 bits per heavy atom. The van der Waals surface area contributed by atoms with Crippen LogP contribution in [0, 0.1) is 0 Å². The number of aromatic hydroxyl groups is 1. The van der Waals surface area contributed by atoms with Gasteiger partial charge in [0, 0.05) is 36.4 Å². The maximum atomic E-state index is 10.5. The highest BCUT2D eigenvalue weighted by Gasteiger charge is 2.27. The maximum Gasteiger partial charge on any atom is 0.120 e. The first-order valence-electron chi connectivity index (χ1n) is 8.84. The van der Waals surface area contributed by atoms with Crippen LogP contribution in [0.2, 0.25) is 15.1 Å². The molecule has 0 bridgehead atoms. The molecule has 2 atom stereocenters. The van der Waals surface area contributed by atoms with Gasteiger partial charge in [-0.05, 0) is 54.1 Å². The van der Waals surface area contributed by atoms with Crippen molar-refractivity contribution in [3.8, 4) is 5.75 Å². The summed E-state index contributed by atoms with van der Waals surface area (Å²) >= 11 is 22.1. The molecular weight excluding hydrogens is 495 g/mol. The zero-order valence-electron chi connectivity index (χ0n) is 15.0. The first-order valence-corrected chi connectivity index (χ1v) is 10.8. The van der Waals surface area contributed by atoms with Crippen LogP contribution in [0.15, 0.2) is 71.2 Å². The van der Waals surface area contributed by atoms with Crippen molar-refractivity contribution < 1.29 is 5.11 Å². The van der Waals surface area contributed by atoms with E-state index >= 15 is 0 Å². The van der Waals surface area contributed by atoms with Gasteiger partial charge in [-0.3, -0.25) is 5.32 Å². The predicted molar refractivity (Wildman–Crippen MR) is 123 cm³/mol. The average Bonchev–Trinajstić information content (AvgIpc) is 2.70. The Bertz CT molecular complexity index is 1090. The number of hydrogen-bond donors (Lipinski definition) is 3. The predicted octanol–water partition coefficient (Wildman–Crippen LogP) is 7.09. The minimum Gasteiger partial charge on any atom is -0.508 e. The molecule has 7 heteroatoms. The van der Waals surface area contributed by atoms with E-state index in [9.17, 15) is 5.11 Å². The van der Waals surface area contributed by atoms with Gasteiger partial charge in [-0.15, -0.1) is 0 Å². The molecule has 0 aliphatic carbocycles. The number of phenolic OH excluding ortho intramolecular Hbond substituents is 1. The number of hydrogen-bond acceptors (Lipinski definition) is 3. The molecule has 1 heterocycles. The number of halogens is 4. The Morgan fingerprint density at radius 2 is 1.55 bits per heavy atom. The van der Waals surface area contributed by atoms with E-state index in [0.29, 0.717) is 15.1 Å². The van der Waals surface area contributed by atoms with Crippen molar-refractivity contribution in [1.29, 1.82) is 0 Å². The molecule has 3 N–H and O–H groups in total. The van der Waals surface area contributed by atoms with E-state index < -0.39 is 0 Å². The van der Waals surface area contributed by atoms with E-state index in [0.717, 1.165) is 26.9 Å². The topological polar surface area (TPSA) is 44.3 Å². The molecule has 0 saturated carbocycles. The molecular formula is C22H16BrCl3N2O. The molecule has 1 aliphatic heterocycles. The lowest BCUT2D eigenvalue weighted by Gasteiger charge is -2.33. The minimum absolute atomic E-state index is 0.209. The van der Waals surface area contributed by atoms with Gasteiger partial charge >= 0.3 is 0 Å². The molecule has 3 aromatic carbocycles. The minimum atomic E-state index is -0.293. The van der Waals surface area contributed by atoms with Crippen molar-refractivity contribution in [1.82, 2.24) is 10.6 Å². The van der Waals surface area contributed by atoms with Crippen molar-refractivity contribution >= 4 is 56.4 Å². The van der Waals surface area contributed by atoms with Crippen molar-refractivity contribution in [2.24, 2.45) is 0 Å². The third-order valence-corrected chi connectivity index (χ3v) is 6.04. The molecule has 4 rings (SSSR count). The fourth-order valence-corrected chi connectivity index (χ4v) is 4.33. The summed E-state index contributed by atoms with van der Waals surface area (Å²) in [4.78, 5) is 0. The lowest BCUT2D eigenvalue weighted by atomic mass is 9.98. The largest absolute Gasteiger partial charge is 0.508 e. The van der Waals surface area contributed by atoms with Crippen LogP contribution in [0.5, 0.6) is 5.75 Å². The number of nitrogens with one attached hydrogen (secondary N) is 2. The molecule has 0 spiro atoms. The normalized spacial score (nSPS) is 18.8. The van der Waals surface area contributed by atoms with Crippen LogP contribution in [-0.4, -0.2) is 5.11 Å². The molecule has 148 valence electrons. The highest BCUT2D eigenvalue weighted by atomic mass is 79.9. The third kappa shape index (κ3) is 4.57. The van der Waals surface area contributed by atoms with Crippen LogP contribution in [-0.2, 0) is 0 Å². The SMILES string of the molecule is Oc1ccc(Br)cc1C1C=C(c2ccc(Cl)cc2)NC(c2ccc(Cl)cc2Cl)N1. The quantitative estimate of drug-likeness (QED) is 0.353. The standard InChI is InChI=1S/C22H16BrCl3N2O/c23-13-3-8-21(29)17(9-13)20-11-19(12-1-4-14(24)5-2-12)27-22(28-20)16-7-6-15(25)10-18(16)26/h1-11,20,22,27-29H. The fraction of sp³-hybridized carbons (Fsp3) is 0.0909. The first-order chi connectivity index (χ1) is 13.9. The van der Waals surface area contributed by atoms with Gasteiger partial charge in [0.15, 0.2) is 0 Å². The van der Waals surface area contributed by atoms with Crippen molar-refractivity contribution in [2.75, 3.05) is 0 Å². The summed E-state index contributed by atoms with van der Waals surface area (Å²) in [6.45, 7) is 0. The Kier molecular flexibility index (Phi) is 6.09. The second-order valence-electron chi connectivity index (χ2n) is 6.68. The van der Waals surface area contributed by atoms with Gasteiger partial charge in [-0.1, -0.05) is 68.9 Å². The highest BCUT2D eigenvalue weighted by molar-refractivity contribution is 9.10. The fourth-order valence-electron chi connectivity index (χ4n) is 3.31. The van der Waals surface area contributed by atoms with Gasteiger partial charge in [-0.25, -0.2) is 0 Å². The van der Waals surface area contributed by atoms with E-state index in [2.05, 4.69) is 26.6 Å². The molecule has 3 nitrogen and oxygen atoms in total. The lowest BCUT2D eigenvalue weighted by Crippen LogP contribution is -2.39. The highest BCUT2D eigenvalue weighted by Crippen LogP contribution is 2.36. The van der Waals surface area contributed by atoms with Crippen LogP contribution >= 0.6 is 50.7 Å². The molecule has 0 radical (unpaired) electrons. The third-order valence-electron chi connectivity index (χ3n) is 4.73. The Labute approximate surface area is 192 Å². The van der Waals surface area contributed by atoms with Crippen LogP contribution in [0.1, 0.15) is 28.9 Å². The molecule has 0 amide bonds. The van der Waals surface area contributed by atoms with Crippen LogP contribution in [0.25, 0.3) is 5.70 Å². The Balaban J connectivity index is 1.79. The summed E-state index contributed by atoms with van der Waals surface area (Å²) in [6.07, 6.45) is 1.74. The summed E-state index contributed by atoms with van der Waals surface area (Å²) in [6, 6.07) is 18.1. The van der Waals surface area contributed by atoms with Gasteiger partial charge in [0.1, 0.15) is 11.9 Å². The zero-order valence-corrected chi connectivity index (χ0v) is 18.8. The molecule has 3 aromatic rings. The molecule has 0 fully saturated rings. The summed E-state index contributed by atoms with van der Waals surface area (Å²) < 4.78 is 0.883. The van der Waals surface area contributed by atoms with E-state index in [1.165, 1.54) is 0 Å². The van der Waals surface area contributed by atoms with Gasteiger partial charge < -0.3 is 10.4 Å². The maximum absolute atomic E-state index is 10.5. The van der Waals surface area contributed by atoms with Crippen LogP contribution < -0.4 is 10.6 Å². The van der Waals surface area contributed by atoms with E-state index in [-0.39, 0.29) is 18.0 Å². The molecule has 1 aliphatic rings. The summed E-state index contributed by atoms with van der Waals surface area (Å²) in [5.74, 6) is 0.209. The first kappa shape index (κ1) is 20.6. The summed E-state index contributed by atoms with van der Waals surface area (Å²) in [5, 5.41) is 19.2. The second kappa shape index (κ2) is 8.58. The van der Waals surface area contributed by atoms with Crippen molar-refractivity contribution in [2.45, 2.75) is 12.2 Å². The average molecular weight is 511 g/mol. The smallest absolute Gasteiger partial charge is 0.120 e. The van der Waals surface area contributed by atoms with Crippen LogP contribution in [0.4, 0.5) is 0 Å². The zero-order chi connectivity index (χ0) is 20.5. The lowest BCUT2D eigenvalue weighted by molar-refractivity contribution is 0.419. The van der Waals surface area contributed by atoms with E-state index in [4.69, 9.17) is 34.8 Å². The Hall–Kier alpha value is -1.69. The van der Waals surface area contributed by atoms with Crippen molar-refractivity contribution in [3.63, 3.8) is 0 Å². The number of phenols is 1. The van der Waals surface area contributed by atoms with Gasteiger partial charge in [0.05, 0.1) is 6.04 Å². The molecule has 0 aromatic heterocycles. The van der Waals surface area contributed by atoms with E-state index in [1.807, 2.05) is 42.5 Å². The molecule has 2 unspecified atom stereocenters. The molecule has 29 heavy (non-hydrogen) atoms. The summed E-state index contributed by atoms with van der Waals surface area (Å²) in [5.41, 5.74) is 3.49. The Morgan fingerprint density at radius 3 is 2.28 bits per heavy atom. The van der Waals surface area contributed by atoms with E-state index in [1.54, 1.807) is 24.3 Å². The summed E-state index contributed by atoms with van der Waals surface area (Å²) in [7, 11) is 0. The van der Waals surface area contributed by atoms with Gasteiger partial charge in [0.2, 0.25) is 0 Å². The second-order valence-corrected chi connectivity index (χ2v) is 8.87. The van der Waals surface area contributed by atoms with Gasteiger partial charge in [-0.2, -0.15) is 0 Å². The molecule has 0 saturated heterocycles. The van der Waals surface area contributed by atoms with Crippen molar-refractivity contribution in [3.05, 3.63) is 103 Å². The van der Waals surface area contributed by atoms with Crippen LogP contribution in [0.3, 0.4) is 0 Å². The number of rotatable bonds is 3. The van der Waals surface area contributed by atoms with Gasteiger partial charge in [0.25, 0.3) is 0 Å².